The van der Waals surface area contributed by atoms with E-state index in [0.29, 0.717) is 12.2 Å². The molecule has 0 atom stereocenters. The molecule has 1 aliphatic rings. The number of hydrogen-bond acceptors (Lipinski definition) is 4. The summed E-state index contributed by atoms with van der Waals surface area (Å²) in [7, 11) is 1.40. The summed E-state index contributed by atoms with van der Waals surface area (Å²) in [5, 5.41) is 4.04. The quantitative estimate of drug-likeness (QED) is 0.842. The first-order valence-electron chi connectivity index (χ1n) is 8.26. The van der Waals surface area contributed by atoms with Gasteiger partial charge in [-0.3, -0.25) is 9.69 Å². The molecule has 24 heavy (non-hydrogen) atoms. The Bertz CT molecular complexity index is 745. The average Bonchev–Trinajstić information content (AvgIpc) is 2.94. The maximum atomic E-state index is 12.1. The van der Waals surface area contributed by atoms with Crippen molar-refractivity contribution in [3.63, 3.8) is 0 Å². The summed E-state index contributed by atoms with van der Waals surface area (Å²) in [6, 6.07) is 8.17. The highest BCUT2D eigenvalue weighted by Crippen LogP contribution is 2.25. The number of likely N-dealkylation sites (tertiary alicyclic amines) is 1. The maximum absolute atomic E-state index is 12.1. The molecule has 6 nitrogen and oxygen atoms in total. The first-order valence-corrected chi connectivity index (χ1v) is 8.26. The van der Waals surface area contributed by atoms with Crippen LogP contribution in [-0.4, -0.2) is 48.0 Å². The molecular formula is C18H23N3O3. The van der Waals surface area contributed by atoms with Crippen molar-refractivity contribution >= 4 is 22.8 Å². The fourth-order valence-electron chi connectivity index (χ4n) is 3.39. The number of fused-ring (bicyclic) bond motifs is 1. The summed E-state index contributed by atoms with van der Waals surface area (Å²) in [5.74, 6) is -0.313. The minimum atomic E-state index is -0.339. The minimum absolute atomic E-state index is 0.0260. The van der Waals surface area contributed by atoms with E-state index in [1.165, 1.54) is 7.11 Å². The summed E-state index contributed by atoms with van der Waals surface area (Å²) >= 11 is 0. The number of hydrogen-bond donors (Lipinski definition) is 2. The molecule has 2 N–H and O–H groups in total. The first-order chi connectivity index (χ1) is 11.6. The van der Waals surface area contributed by atoms with Crippen molar-refractivity contribution in [3.05, 3.63) is 35.5 Å². The van der Waals surface area contributed by atoms with Crippen molar-refractivity contribution in [2.75, 3.05) is 20.2 Å². The molecule has 128 valence electrons. The van der Waals surface area contributed by atoms with E-state index in [0.717, 1.165) is 42.4 Å². The van der Waals surface area contributed by atoms with Gasteiger partial charge in [0.1, 0.15) is 5.69 Å². The number of aromatic nitrogens is 1. The third-order valence-corrected chi connectivity index (χ3v) is 4.58. The van der Waals surface area contributed by atoms with Gasteiger partial charge in [0, 0.05) is 49.1 Å². The molecular weight excluding hydrogens is 306 g/mol. The number of esters is 1. The molecule has 2 aromatic rings. The number of methoxy groups -OCH3 is 1. The number of aromatic amines is 1. The summed E-state index contributed by atoms with van der Waals surface area (Å²) in [4.78, 5) is 28.8. The van der Waals surface area contributed by atoms with E-state index >= 15 is 0 Å². The Morgan fingerprint density at radius 3 is 2.67 bits per heavy atom. The van der Waals surface area contributed by atoms with Gasteiger partial charge in [-0.2, -0.15) is 0 Å². The average molecular weight is 329 g/mol. The van der Waals surface area contributed by atoms with Crippen LogP contribution in [-0.2, 0) is 16.1 Å². The number of carbonyl (C=O) groups excluding carboxylic acids is 2. The van der Waals surface area contributed by atoms with Crippen LogP contribution in [0.3, 0.4) is 0 Å². The van der Waals surface area contributed by atoms with E-state index in [2.05, 4.69) is 15.2 Å². The Kier molecular flexibility index (Phi) is 4.85. The van der Waals surface area contributed by atoms with Crippen LogP contribution < -0.4 is 5.32 Å². The van der Waals surface area contributed by atoms with Gasteiger partial charge in [0.05, 0.1) is 7.11 Å². The summed E-state index contributed by atoms with van der Waals surface area (Å²) in [6.07, 6.45) is 1.85. The Morgan fingerprint density at radius 2 is 2.00 bits per heavy atom. The second kappa shape index (κ2) is 7.05. The zero-order valence-corrected chi connectivity index (χ0v) is 14.1. The van der Waals surface area contributed by atoms with Crippen molar-refractivity contribution in [2.45, 2.75) is 32.4 Å². The molecule has 0 saturated carbocycles. The van der Waals surface area contributed by atoms with E-state index in [9.17, 15) is 9.59 Å². The van der Waals surface area contributed by atoms with Crippen LogP contribution in [0.4, 0.5) is 0 Å². The number of H-pyrrole nitrogens is 1. The lowest BCUT2D eigenvalue weighted by atomic mass is 10.0. The second-order valence-electron chi connectivity index (χ2n) is 6.27. The SMILES string of the molecule is COC(=O)c1[nH]c2ccccc2c1CN1CCC(NC(C)=O)CC1. The molecule has 0 bridgehead atoms. The van der Waals surface area contributed by atoms with Crippen molar-refractivity contribution in [1.82, 2.24) is 15.2 Å². The van der Waals surface area contributed by atoms with Gasteiger partial charge in [0.2, 0.25) is 5.91 Å². The number of para-hydroxylation sites is 1. The maximum Gasteiger partial charge on any atom is 0.354 e. The van der Waals surface area contributed by atoms with Gasteiger partial charge < -0.3 is 15.0 Å². The van der Waals surface area contributed by atoms with Crippen LogP contribution in [0.2, 0.25) is 0 Å². The Balaban J connectivity index is 1.77. The third-order valence-electron chi connectivity index (χ3n) is 4.58. The van der Waals surface area contributed by atoms with E-state index in [-0.39, 0.29) is 17.9 Å². The highest BCUT2D eigenvalue weighted by molar-refractivity contribution is 5.98. The Morgan fingerprint density at radius 1 is 1.29 bits per heavy atom. The van der Waals surface area contributed by atoms with Crippen LogP contribution in [0.5, 0.6) is 0 Å². The number of rotatable bonds is 4. The lowest BCUT2D eigenvalue weighted by Crippen LogP contribution is -2.43. The molecule has 6 heteroatoms. The van der Waals surface area contributed by atoms with E-state index in [1.54, 1.807) is 6.92 Å². The van der Waals surface area contributed by atoms with Crippen molar-refractivity contribution in [1.29, 1.82) is 0 Å². The van der Waals surface area contributed by atoms with Crippen molar-refractivity contribution < 1.29 is 14.3 Å². The molecule has 2 heterocycles. The van der Waals surface area contributed by atoms with Gasteiger partial charge in [-0.15, -0.1) is 0 Å². The lowest BCUT2D eigenvalue weighted by Gasteiger charge is -2.32. The van der Waals surface area contributed by atoms with E-state index in [4.69, 9.17) is 4.74 Å². The molecule has 0 radical (unpaired) electrons. The number of piperidine rings is 1. The topological polar surface area (TPSA) is 74.4 Å². The molecule has 1 saturated heterocycles. The molecule has 0 unspecified atom stereocenters. The zero-order valence-electron chi connectivity index (χ0n) is 14.1. The van der Waals surface area contributed by atoms with Gasteiger partial charge in [-0.1, -0.05) is 18.2 Å². The molecule has 1 aromatic heterocycles. The minimum Gasteiger partial charge on any atom is -0.464 e. The predicted molar refractivity (Wildman–Crippen MR) is 91.8 cm³/mol. The summed E-state index contributed by atoms with van der Waals surface area (Å²) in [6.45, 7) is 4.04. The second-order valence-corrected chi connectivity index (χ2v) is 6.27. The Hall–Kier alpha value is -2.34. The molecule has 1 fully saturated rings. The van der Waals surface area contributed by atoms with Crippen LogP contribution in [0.1, 0.15) is 35.8 Å². The smallest absolute Gasteiger partial charge is 0.354 e. The van der Waals surface area contributed by atoms with Gasteiger partial charge in [0.25, 0.3) is 0 Å². The predicted octanol–water partition coefficient (Wildman–Crippen LogP) is 2.05. The zero-order chi connectivity index (χ0) is 17.1. The molecule has 1 amide bonds. The monoisotopic (exact) mass is 329 g/mol. The van der Waals surface area contributed by atoms with Crippen LogP contribution in [0, 0.1) is 0 Å². The van der Waals surface area contributed by atoms with Gasteiger partial charge in [-0.05, 0) is 18.9 Å². The third kappa shape index (κ3) is 3.43. The molecule has 0 spiro atoms. The largest absolute Gasteiger partial charge is 0.464 e. The van der Waals surface area contributed by atoms with E-state index < -0.39 is 0 Å². The number of benzene rings is 1. The summed E-state index contributed by atoms with van der Waals surface area (Å²) < 4.78 is 4.92. The molecule has 0 aliphatic carbocycles. The fraction of sp³-hybridized carbons (Fsp3) is 0.444. The first kappa shape index (κ1) is 16.5. The van der Waals surface area contributed by atoms with Crippen LogP contribution in [0.25, 0.3) is 10.9 Å². The van der Waals surface area contributed by atoms with Crippen molar-refractivity contribution in [3.8, 4) is 0 Å². The number of nitrogens with one attached hydrogen (secondary N) is 2. The fourth-order valence-corrected chi connectivity index (χ4v) is 3.39. The van der Waals surface area contributed by atoms with Gasteiger partial charge >= 0.3 is 5.97 Å². The number of nitrogens with zero attached hydrogens (tertiary/aromatic N) is 1. The number of carbonyl (C=O) groups is 2. The van der Waals surface area contributed by atoms with Gasteiger partial charge in [0.15, 0.2) is 0 Å². The number of ether oxygens (including phenoxy) is 1. The lowest BCUT2D eigenvalue weighted by molar-refractivity contribution is -0.120. The number of amides is 1. The van der Waals surface area contributed by atoms with E-state index in [1.807, 2.05) is 24.3 Å². The molecule has 1 aliphatic heterocycles. The highest BCUT2D eigenvalue weighted by Gasteiger charge is 2.24. The Labute approximate surface area is 141 Å². The van der Waals surface area contributed by atoms with Crippen LogP contribution in [0.15, 0.2) is 24.3 Å². The molecule has 3 rings (SSSR count). The van der Waals surface area contributed by atoms with Crippen LogP contribution >= 0.6 is 0 Å². The molecule has 1 aromatic carbocycles. The van der Waals surface area contributed by atoms with Gasteiger partial charge in [-0.25, -0.2) is 4.79 Å². The standard InChI is InChI=1S/C18H23N3O3/c1-12(22)19-13-7-9-21(10-8-13)11-15-14-5-3-4-6-16(14)20-17(15)18(23)24-2/h3-6,13,20H,7-11H2,1-2H3,(H,19,22). The van der Waals surface area contributed by atoms with Crippen molar-refractivity contribution in [2.24, 2.45) is 0 Å². The normalized spacial score (nSPS) is 16.2. The highest BCUT2D eigenvalue weighted by atomic mass is 16.5. The summed E-state index contributed by atoms with van der Waals surface area (Å²) in [5.41, 5.74) is 2.46.